The maximum absolute atomic E-state index is 12.8. The van der Waals surface area contributed by atoms with Gasteiger partial charge in [-0.05, 0) is 37.2 Å². The fourth-order valence-electron chi connectivity index (χ4n) is 4.00. The lowest BCUT2D eigenvalue weighted by molar-refractivity contribution is -0.137. The van der Waals surface area contributed by atoms with Crippen LogP contribution in [0.1, 0.15) is 44.6 Å². The smallest absolute Gasteiger partial charge is 0.325 e. The van der Waals surface area contributed by atoms with E-state index in [-0.39, 0.29) is 24.3 Å². The summed E-state index contributed by atoms with van der Waals surface area (Å²) in [5, 5.41) is 5.68. The van der Waals surface area contributed by atoms with E-state index in [9.17, 15) is 14.4 Å². The van der Waals surface area contributed by atoms with Gasteiger partial charge in [0.25, 0.3) is 5.91 Å². The molecule has 26 heavy (non-hydrogen) atoms. The Morgan fingerprint density at radius 3 is 2.77 bits per heavy atom. The molecule has 0 unspecified atom stereocenters. The van der Waals surface area contributed by atoms with Gasteiger partial charge >= 0.3 is 6.03 Å². The molecular formula is C20H27N3O3. The summed E-state index contributed by atoms with van der Waals surface area (Å²) in [5.74, 6) is -0.428. The SMILES string of the molecule is C[C@H]1CCCC[C@@]12NC(=O)N(CC(=O)NCCCc1ccccc1)C2=O. The molecule has 0 bridgehead atoms. The average molecular weight is 357 g/mol. The number of nitrogens with zero attached hydrogens (tertiary/aromatic N) is 1. The Labute approximate surface area is 154 Å². The van der Waals surface area contributed by atoms with E-state index in [1.807, 2.05) is 25.1 Å². The van der Waals surface area contributed by atoms with Crippen molar-refractivity contribution in [2.45, 2.75) is 51.0 Å². The quantitative estimate of drug-likeness (QED) is 0.605. The monoisotopic (exact) mass is 357 g/mol. The highest BCUT2D eigenvalue weighted by molar-refractivity contribution is 6.09. The van der Waals surface area contributed by atoms with Crippen molar-refractivity contribution in [1.29, 1.82) is 0 Å². The van der Waals surface area contributed by atoms with E-state index >= 15 is 0 Å². The molecule has 2 N–H and O–H groups in total. The van der Waals surface area contributed by atoms with Crippen molar-refractivity contribution in [3.8, 4) is 0 Å². The molecular weight excluding hydrogens is 330 g/mol. The Hall–Kier alpha value is -2.37. The number of carbonyl (C=O) groups is 3. The third-order valence-electron chi connectivity index (χ3n) is 5.61. The summed E-state index contributed by atoms with van der Waals surface area (Å²) < 4.78 is 0. The van der Waals surface area contributed by atoms with Crippen LogP contribution in [0.5, 0.6) is 0 Å². The van der Waals surface area contributed by atoms with E-state index in [1.165, 1.54) is 5.56 Å². The van der Waals surface area contributed by atoms with Crippen molar-refractivity contribution in [3.05, 3.63) is 35.9 Å². The summed E-state index contributed by atoms with van der Waals surface area (Å²) in [7, 11) is 0. The zero-order chi connectivity index (χ0) is 18.6. The fourth-order valence-corrected chi connectivity index (χ4v) is 4.00. The number of hydrogen-bond acceptors (Lipinski definition) is 3. The van der Waals surface area contributed by atoms with Gasteiger partial charge in [0, 0.05) is 6.54 Å². The van der Waals surface area contributed by atoms with E-state index in [4.69, 9.17) is 0 Å². The van der Waals surface area contributed by atoms with Gasteiger partial charge in [0.1, 0.15) is 12.1 Å². The molecule has 6 nitrogen and oxygen atoms in total. The van der Waals surface area contributed by atoms with Gasteiger partial charge in [-0.15, -0.1) is 0 Å². The second-order valence-electron chi connectivity index (χ2n) is 7.38. The molecule has 1 aromatic rings. The van der Waals surface area contributed by atoms with Crippen molar-refractivity contribution in [2.75, 3.05) is 13.1 Å². The third kappa shape index (κ3) is 3.74. The van der Waals surface area contributed by atoms with E-state index in [0.717, 1.165) is 37.0 Å². The van der Waals surface area contributed by atoms with E-state index < -0.39 is 11.6 Å². The van der Waals surface area contributed by atoms with Crippen LogP contribution in [0.3, 0.4) is 0 Å². The minimum atomic E-state index is -0.803. The van der Waals surface area contributed by atoms with E-state index in [2.05, 4.69) is 22.8 Å². The molecule has 1 spiro atoms. The predicted octanol–water partition coefficient (Wildman–Crippen LogP) is 2.24. The second-order valence-corrected chi connectivity index (χ2v) is 7.38. The lowest BCUT2D eigenvalue weighted by atomic mass is 9.73. The number of hydrogen-bond donors (Lipinski definition) is 2. The Bertz CT molecular complexity index is 676. The lowest BCUT2D eigenvalue weighted by Gasteiger charge is -2.36. The van der Waals surface area contributed by atoms with Crippen LogP contribution in [0.4, 0.5) is 4.79 Å². The highest BCUT2D eigenvalue weighted by Crippen LogP contribution is 2.38. The molecule has 3 rings (SSSR count). The van der Waals surface area contributed by atoms with Gasteiger partial charge in [0.15, 0.2) is 0 Å². The van der Waals surface area contributed by atoms with Crippen molar-refractivity contribution in [3.63, 3.8) is 0 Å². The van der Waals surface area contributed by atoms with Crippen molar-refractivity contribution < 1.29 is 14.4 Å². The van der Waals surface area contributed by atoms with E-state index in [0.29, 0.717) is 13.0 Å². The maximum Gasteiger partial charge on any atom is 0.325 e. The van der Waals surface area contributed by atoms with Gasteiger partial charge in [-0.25, -0.2) is 4.79 Å². The number of amides is 4. The normalized spacial score (nSPS) is 25.4. The van der Waals surface area contributed by atoms with Gasteiger partial charge in [-0.1, -0.05) is 50.1 Å². The molecule has 6 heteroatoms. The predicted molar refractivity (Wildman–Crippen MR) is 98.4 cm³/mol. The first-order chi connectivity index (χ1) is 12.5. The standard InChI is InChI=1S/C20H27N3O3/c1-15-8-5-6-12-20(15)18(25)23(19(26)22-20)14-17(24)21-13-7-11-16-9-3-2-4-10-16/h2-4,9-10,15H,5-8,11-14H2,1H3,(H,21,24)(H,22,26)/t15-,20+/m0/s1. The highest BCUT2D eigenvalue weighted by Gasteiger charge is 2.55. The van der Waals surface area contributed by atoms with Crippen LogP contribution in [0.25, 0.3) is 0 Å². The van der Waals surface area contributed by atoms with Crippen LogP contribution in [-0.4, -0.2) is 41.4 Å². The summed E-state index contributed by atoms with van der Waals surface area (Å²) in [5.41, 5.74) is 0.423. The van der Waals surface area contributed by atoms with E-state index in [1.54, 1.807) is 0 Å². The Morgan fingerprint density at radius 1 is 1.27 bits per heavy atom. The number of nitrogens with one attached hydrogen (secondary N) is 2. The number of benzene rings is 1. The van der Waals surface area contributed by atoms with Crippen LogP contribution in [-0.2, 0) is 16.0 Å². The molecule has 0 radical (unpaired) electrons. The number of aryl methyl sites for hydroxylation is 1. The van der Waals surface area contributed by atoms with Gasteiger partial charge in [0.2, 0.25) is 5.91 Å². The topological polar surface area (TPSA) is 78.5 Å². The third-order valence-corrected chi connectivity index (χ3v) is 5.61. The van der Waals surface area contributed by atoms with Crippen LogP contribution in [0, 0.1) is 5.92 Å². The van der Waals surface area contributed by atoms with Gasteiger partial charge < -0.3 is 10.6 Å². The summed E-state index contributed by atoms with van der Waals surface area (Å²) in [4.78, 5) is 38.3. The first-order valence-electron chi connectivity index (χ1n) is 9.47. The summed E-state index contributed by atoms with van der Waals surface area (Å²) in [6.07, 6.45) is 5.28. The zero-order valence-corrected chi connectivity index (χ0v) is 15.3. The number of imide groups is 1. The van der Waals surface area contributed by atoms with Crippen LogP contribution in [0.2, 0.25) is 0 Å². The number of carbonyl (C=O) groups excluding carboxylic acids is 3. The molecule has 140 valence electrons. The number of rotatable bonds is 6. The Morgan fingerprint density at radius 2 is 2.04 bits per heavy atom. The number of urea groups is 1. The summed E-state index contributed by atoms with van der Waals surface area (Å²) >= 11 is 0. The molecule has 1 aromatic carbocycles. The molecule has 2 atom stereocenters. The highest BCUT2D eigenvalue weighted by atomic mass is 16.2. The molecule has 1 saturated heterocycles. The molecule has 0 aromatic heterocycles. The summed E-state index contributed by atoms with van der Waals surface area (Å²) in [6.45, 7) is 2.33. The van der Waals surface area contributed by atoms with Gasteiger partial charge in [-0.2, -0.15) is 0 Å². The van der Waals surface area contributed by atoms with Crippen molar-refractivity contribution >= 4 is 17.8 Å². The average Bonchev–Trinajstić information content (AvgIpc) is 2.87. The fraction of sp³-hybridized carbons (Fsp3) is 0.550. The second kappa shape index (κ2) is 7.89. The minimum absolute atomic E-state index is 0.103. The zero-order valence-electron chi connectivity index (χ0n) is 15.3. The van der Waals surface area contributed by atoms with Gasteiger partial charge in [-0.3, -0.25) is 14.5 Å². The first kappa shape index (κ1) is 18.4. The first-order valence-corrected chi connectivity index (χ1v) is 9.47. The van der Waals surface area contributed by atoms with Crippen molar-refractivity contribution in [1.82, 2.24) is 15.5 Å². The van der Waals surface area contributed by atoms with Crippen LogP contribution >= 0.6 is 0 Å². The largest absolute Gasteiger partial charge is 0.355 e. The molecule has 1 saturated carbocycles. The van der Waals surface area contributed by atoms with Gasteiger partial charge in [0.05, 0.1) is 0 Å². The molecule has 2 aliphatic rings. The molecule has 1 aliphatic carbocycles. The minimum Gasteiger partial charge on any atom is -0.355 e. The van der Waals surface area contributed by atoms with Crippen LogP contribution in [0.15, 0.2) is 30.3 Å². The van der Waals surface area contributed by atoms with Crippen LogP contribution < -0.4 is 10.6 Å². The molecule has 2 fully saturated rings. The molecule has 4 amide bonds. The maximum atomic E-state index is 12.8. The Kier molecular flexibility index (Phi) is 5.59. The lowest BCUT2D eigenvalue weighted by Crippen LogP contribution is -2.54. The molecule has 1 heterocycles. The van der Waals surface area contributed by atoms with Crippen molar-refractivity contribution in [2.24, 2.45) is 5.92 Å². The molecule has 1 aliphatic heterocycles. The summed E-state index contributed by atoms with van der Waals surface area (Å²) in [6, 6.07) is 9.63. The Balaban J connectivity index is 1.48.